The summed E-state index contributed by atoms with van der Waals surface area (Å²) in [7, 11) is 1.84. The molecule has 1 N–H and O–H groups in total. The van der Waals surface area contributed by atoms with Crippen molar-refractivity contribution in [3.05, 3.63) is 20.8 Å². The summed E-state index contributed by atoms with van der Waals surface area (Å²) in [4.78, 5) is 1.48. The van der Waals surface area contributed by atoms with Gasteiger partial charge in [0.25, 0.3) is 0 Å². The number of hydrogen-bond donors (Lipinski definition) is 1. The van der Waals surface area contributed by atoms with Gasteiger partial charge in [0.15, 0.2) is 0 Å². The van der Waals surface area contributed by atoms with E-state index in [1.165, 1.54) is 49.0 Å². The summed E-state index contributed by atoms with van der Waals surface area (Å²) in [5, 5.41) is 3.71. The number of hydrogen-bond acceptors (Lipinski definition) is 3. The van der Waals surface area contributed by atoms with E-state index in [9.17, 15) is 0 Å². The summed E-state index contributed by atoms with van der Waals surface area (Å²) in [6.07, 6.45) is 7.37. The van der Waals surface area contributed by atoms with E-state index in [1.807, 2.05) is 7.11 Å². The Bertz CT molecular complexity index is 422. The van der Waals surface area contributed by atoms with Gasteiger partial charge >= 0.3 is 0 Å². The third-order valence-electron chi connectivity index (χ3n) is 4.45. The van der Waals surface area contributed by atoms with E-state index in [-0.39, 0.29) is 5.60 Å². The molecule has 0 radical (unpaired) electrons. The number of rotatable bonds is 4. The minimum absolute atomic E-state index is 0.109. The number of methoxy groups -OCH3 is 1. The molecule has 3 rings (SSSR count). The van der Waals surface area contributed by atoms with E-state index in [0.29, 0.717) is 6.04 Å². The Morgan fingerprint density at radius 2 is 2.33 bits per heavy atom. The number of ether oxygens (including phenoxy) is 1. The van der Waals surface area contributed by atoms with Crippen LogP contribution in [-0.4, -0.2) is 19.3 Å². The molecule has 0 bridgehead atoms. The average molecular weight is 286 g/mol. The topological polar surface area (TPSA) is 21.3 Å². The highest BCUT2D eigenvalue weighted by molar-refractivity contribution is 7.16. The Balaban J connectivity index is 1.67. The van der Waals surface area contributed by atoms with Gasteiger partial charge < -0.3 is 10.1 Å². The highest BCUT2D eigenvalue weighted by Crippen LogP contribution is 2.39. The minimum atomic E-state index is 0.109. The van der Waals surface area contributed by atoms with Crippen molar-refractivity contribution >= 4 is 22.9 Å². The zero-order valence-corrected chi connectivity index (χ0v) is 12.4. The maximum absolute atomic E-state index is 6.14. The first kappa shape index (κ1) is 12.9. The minimum Gasteiger partial charge on any atom is -0.377 e. The first-order chi connectivity index (χ1) is 8.72. The molecule has 4 heteroatoms. The van der Waals surface area contributed by atoms with E-state index < -0.39 is 0 Å². The van der Waals surface area contributed by atoms with E-state index in [2.05, 4.69) is 11.4 Å². The normalized spacial score (nSPS) is 25.6. The van der Waals surface area contributed by atoms with Crippen LogP contribution in [0.5, 0.6) is 0 Å². The number of thiophene rings is 1. The molecule has 0 aromatic carbocycles. The maximum atomic E-state index is 6.14. The van der Waals surface area contributed by atoms with Crippen molar-refractivity contribution in [1.29, 1.82) is 0 Å². The Kier molecular flexibility index (Phi) is 3.68. The molecule has 2 aliphatic carbocycles. The summed E-state index contributed by atoms with van der Waals surface area (Å²) in [5.74, 6) is 0. The molecule has 1 atom stereocenters. The van der Waals surface area contributed by atoms with Crippen LogP contribution in [0.25, 0.3) is 0 Å². The first-order valence-corrected chi connectivity index (χ1v) is 7.98. The fourth-order valence-electron chi connectivity index (χ4n) is 3.07. The van der Waals surface area contributed by atoms with Crippen LogP contribution in [0.3, 0.4) is 0 Å². The lowest BCUT2D eigenvalue weighted by Gasteiger charge is -2.42. The second-order valence-electron chi connectivity index (χ2n) is 5.50. The van der Waals surface area contributed by atoms with Crippen LogP contribution in [0.1, 0.15) is 48.6 Å². The molecule has 1 aromatic rings. The number of aryl methyl sites for hydroxylation is 1. The van der Waals surface area contributed by atoms with Gasteiger partial charge in [-0.1, -0.05) is 11.6 Å². The molecule has 2 nitrogen and oxygen atoms in total. The van der Waals surface area contributed by atoms with Gasteiger partial charge in [-0.15, -0.1) is 11.3 Å². The van der Waals surface area contributed by atoms with E-state index >= 15 is 0 Å². The molecule has 0 saturated heterocycles. The van der Waals surface area contributed by atoms with Crippen LogP contribution >= 0.6 is 22.9 Å². The van der Waals surface area contributed by atoms with Crippen LogP contribution in [0.4, 0.5) is 0 Å². The number of nitrogens with one attached hydrogen (secondary N) is 1. The van der Waals surface area contributed by atoms with Crippen LogP contribution in [0.15, 0.2) is 6.07 Å². The first-order valence-electron chi connectivity index (χ1n) is 6.79. The summed E-state index contributed by atoms with van der Waals surface area (Å²) < 4.78 is 6.60. The maximum Gasteiger partial charge on any atom is 0.0934 e. The predicted octanol–water partition coefficient (Wildman–Crippen LogP) is 3.94. The van der Waals surface area contributed by atoms with Crippen molar-refractivity contribution in [1.82, 2.24) is 5.32 Å². The molecule has 1 aromatic heterocycles. The van der Waals surface area contributed by atoms with Gasteiger partial charge in [-0.3, -0.25) is 0 Å². The lowest BCUT2D eigenvalue weighted by Crippen LogP contribution is -2.48. The third-order valence-corrected chi connectivity index (χ3v) is 5.79. The Morgan fingerprint density at radius 1 is 1.50 bits per heavy atom. The van der Waals surface area contributed by atoms with Crippen molar-refractivity contribution in [2.75, 3.05) is 13.7 Å². The van der Waals surface area contributed by atoms with Crippen LogP contribution in [0, 0.1) is 0 Å². The van der Waals surface area contributed by atoms with Crippen molar-refractivity contribution in [2.24, 2.45) is 0 Å². The van der Waals surface area contributed by atoms with Crippen LogP contribution in [0.2, 0.25) is 4.34 Å². The Hall–Kier alpha value is -0.0900. The van der Waals surface area contributed by atoms with Gasteiger partial charge in [0.05, 0.1) is 9.94 Å². The lowest BCUT2D eigenvalue weighted by molar-refractivity contribution is -0.0711. The standard InChI is InChI=1S/C14H20ClNOS/c1-17-14(6-3-7-14)9-16-11-4-2-5-12-10(11)8-13(15)18-12/h8,11,16H,2-7,9H2,1H3. The van der Waals surface area contributed by atoms with Crippen molar-refractivity contribution in [3.8, 4) is 0 Å². The third kappa shape index (κ3) is 2.34. The Labute approximate surface area is 118 Å². The van der Waals surface area contributed by atoms with Crippen LogP contribution < -0.4 is 5.32 Å². The van der Waals surface area contributed by atoms with Crippen molar-refractivity contribution < 1.29 is 4.74 Å². The second-order valence-corrected chi connectivity index (χ2v) is 7.26. The molecule has 1 unspecified atom stereocenters. The zero-order valence-electron chi connectivity index (χ0n) is 10.8. The molecule has 1 fully saturated rings. The van der Waals surface area contributed by atoms with Gasteiger partial charge in [0.1, 0.15) is 0 Å². The highest BCUT2D eigenvalue weighted by atomic mass is 35.5. The molecule has 0 amide bonds. The Morgan fingerprint density at radius 3 is 3.00 bits per heavy atom. The number of fused-ring (bicyclic) bond motifs is 1. The summed E-state index contributed by atoms with van der Waals surface area (Å²) in [5.41, 5.74) is 1.54. The smallest absolute Gasteiger partial charge is 0.0934 e. The van der Waals surface area contributed by atoms with E-state index in [0.717, 1.165) is 10.9 Å². The fourth-order valence-corrected chi connectivity index (χ4v) is 4.45. The predicted molar refractivity (Wildman–Crippen MR) is 76.6 cm³/mol. The molecule has 1 saturated carbocycles. The molecular weight excluding hydrogens is 266 g/mol. The molecule has 2 aliphatic rings. The zero-order chi connectivity index (χ0) is 12.6. The molecule has 0 spiro atoms. The highest BCUT2D eigenvalue weighted by Gasteiger charge is 2.37. The SMILES string of the molecule is COC1(CNC2CCCc3sc(Cl)cc32)CCC1. The van der Waals surface area contributed by atoms with Gasteiger partial charge in [0.2, 0.25) is 0 Å². The quantitative estimate of drug-likeness (QED) is 0.905. The summed E-state index contributed by atoms with van der Waals surface area (Å²) >= 11 is 7.88. The van der Waals surface area contributed by atoms with Gasteiger partial charge in [-0.05, 0) is 50.2 Å². The largest absolute Gasteiger partial charge is 0.377 e. The summed E-state index contributed by atoms with van der Waals surface area (Å²) in [6.45, 7) is 0.973. The van der Waals surface area contributed by atoms with E-state index in [1.54, 1.807) is 11.3 Å². The average Bonchev–Trinajstić information content (AvgIpc) is 2.69. The molecule has 1 heterocycles. The van der Waals surface area contributed by atoms with Crippen molar-refractivity contribution in [3.63, 3.8) is 0 Å². The molecule has 100 valence electrons. The van der Waals surface area contributed by atoms with Gasteiger partial charge in [0, 0.05) is 24.6 Å². The molecular formula is C14H20ClNOS. The molecule has 0 aliphatic heterocycles. The fraction of sp³-hybridized carbons (Fsp3) is 0.714. The second kappa shape index (κ2) is 5.12. The van der Waals surface area contributed by atoms with Gasteiger partial charge in [-0.2, -0.15) is 0 Å². The lowest BCUT2D eigenvalue weighted by atomic mass is 9.79. The summed E-state index contributed by atoms with van der Waals surface area (Å²) in [6, 6.07) is 2.63. The van der Waals surface area contributed by atoms with Crippen LogP contribution in [-0.2, 0) is 11.2 Å². The van der Waals surface area contributed by atoms with E-state index in [4.69, 9.17) is 16.3 Å². The molecule has 18 heavy (non-hydrogen) atoms. The van der Waals surface area contributed by atoms with Gasteiger partial charge in [-0.25, -0.2) is 0 Å². The number of halogens is 1. The van der Waals surface area contributed by atoms with Crippen molar-refractivity contribution in [2.45, 2.75) is 50.2 Å². The monoisotopic (exact) mass is 285 g/mol.